The van der Waals surface area contributed by atoms with Gasteiger partial charge in [0.15, 0.2) is 0 Å². The second-order valence-electron chi connectivity index (χ2n) is 23.7. The van der Waals surface area contributed by atoms with E-state index in [1.807, 2.05) is 178 Å². The lowest BCUT2D eigenvalue weighted by molar-refractivity contribution is -0.143. The van der Waals surface area contributed by atoms with Crippen LogP contribution in [-0.2, 0) is 50.9 Å². The molecule has 0 radical (unpaired) electrons. The van der Waals surface area contributed by atoms with Crippen LogP contribution in [0.5, 0.6) is 0 Å². The summed E-state index contributed by atoms with van der Waals surface area (Å²) in [6.45, 7) is 14.6. The number of ether oxygens (including phenoxy) is 5. The standard InChI is InChI=1S/C20H22N2O3.C18H18N2O3.C16H16N2O3.C15H12N4O.C14H13NO2.4CH4/c1-4-24-18(23)10-15-12-21-17(14-8-6-5-7-9-14)11-16(15)19-22-20(2,3)13-25-19;1-3-13(18(22)23-4-2)15-11-20-16(10-14(15)17(19)21)12-8-6-5-7-9-12;1-2-21-15(19)8-12-10-18-14(9-13(12)16(17)20)11-6-4-3-5-7-11;16-14-10-6-13(9-4-2-1-3-5-9)18-7-11(10)12(8-19-14)15(17)20;1-2-17-14(16)12-8-9-15-13(10-12)11-6-4-3-5-7-11;;;;/h5-9,11-12H,4,10,13H2,1-3H3;3,5-11H,4H2,1-2H3,(H2,19,21);3-7,9-10H,2,8H2,1H3,(H2,17,20);1-8H,(H2,16,19)(H2,17,20);3-10H,2H2,1H3;4*1H4/b;13-3-;;;;;;;. The van der Waals surface area contributed by atoms with E-state index in [2.05, 4.69) is 34.9 Å². The van der Waals surface area contributed by atoms with Gasteiger partial charge < -0.3 is 46.6 Å². The number of benzene rings is 5. The predicted molar refractivity (Wildman–Crippen MR) is 434 cm³/mol. The van der Waals surface area contributed by atoms with E-state index in [0.717, 1.165) is 56.0 Å². The maximum Gasteiger partial charge on any atom is 0.338 e. The maximum absolute atomic E-state index is 12.0. The van der Waals surface area contributed by atoms with E-state index in [4.69, 9.17) is 46.6 Å². The van der Waals surface area contributed by atoms with Gasteiger partial charge in [-0.3, -0.25) is 48.9 Å². The molecule has 0 atom stereocenters. The molecule has 0 unspecified atom stereocenters. The third-order valence-corrected chi connectivity index (χ3v) is 15.6. The second-order valence-corrected chi connectivity index (χ2v) is 23.7. The summed E-state index contributed by atoms with van der Waals surface area (Å²) in [4.78, 5) is 112. The summed E-state index contributed by atoms with van der Waals surface area (Å²) in [6, 6.07) is 58.5. The molecule has 0 aliphatic carbocycles. The van der Waals surface area contributed by atoms with Crippen LogP contribution in [0, 0.1) is 0 Å². The van der Waals surface area contributed by atoms with Crippen molar-refractivity contribution in [2.75, 3.05) is 38.8 Å². The molecule has 7 heterocycles. The van der Waals surface area contributed by atoms with E-state index < -0.39 is 29.7 Å². The summed E-state index contributed by atoms with van der Waals surface area (Å²) in [5.74, 6) is -2.36. The molecule has 5 aromatic carbocycles. The number of nitrogens with two attached hydrogens (primary N) is 4. The third kappa shape index (κ3) is 24.8. The van der Waals surface area contributed by atoms with Crippen LogP contribution in [-0.4, -0.2) is 116 Å². The number of fused-ring (bicyclic) bond motifs is 1. The van der Waals surface area contributed by atoms with Crippen LogP contribution in [0.15, 0.2) is 236 Å². The van der Waals surface area contributed by atoms with E-state index in [-0.39, 0.29) is 83.3 Å². The zero-order chi connectivity index (χ0) is 76.1. The molecule has 23 nitrogen and oxygen atoms in total. The largest absolute Gasteiger partial charge is 0.475 e. The number of esters is 4. The molecule has 110 heavy (non-hydrogen) atoms. The highest BCUT2D eigenvalue weighted by atomic mass is 16.5. The fourth-order valence-electron chi connectivity index (χ4n) is 10.6. The van der Waals surface area contributed by atoms with Crippen LogP contribution in [0.2, 0.25) is 0 Å². The molecule has 0 bridgehead atoms. The Morgan fingerprint density at radius 2 is 0.836 bits per heavy atom. The van der Waals surface area contributed by atoms with Crippen molar-refractivity contribution in [3.63, 3.8) is 0 Å². The normalized spacial score (nSPS) is 11.2. The first kappa shape index (κ1) is 89.0. The van der Waals surface area contributed by atoms with Crippen molar-refractivity contribution in [1.82, 2.24) is 29.9 Å². The minimum absolute atomic E-state index is 0. The first-order chi connectivity index (χ1) is 51.1. The lowest BCUT2D eigenvalue weighted by atomic mass is 9.99. The fourth-order valence-corrected chi connectivity index (χ4v) is 10.6. The van der Waals surface area contributed by atoms with Crippen molar-refractivity contribution in [3.05, 3.63) is 276 Å². The summed E-state index contributed by atoms with van der Waals surface area (Å²) in [5, 5.41) is 1.29. The Labute approximate surface area is 643 Å². The molecule has 0 saturated carbocycles. The van der Waals surface area contributed by atoms with Gasteiger partial charge in [-0.15, -0.1) is 0 Å². The van der Waals surface area contributed by atoms with Crippen molar-refractivity contribution in [1.29, 1.82) is 0 Å². The van der Waals surface area contributed by atoms with Gasteiger partial charge in [-0.05, 0) is 96.0 Å². The highest BCUT2D eigenvalue weighted by Gasteiger charge is 2.30. The molecule has 12 rings (SSSR count). The number of pyridine rings is 6. The lowest BCUT2D eigenvalue weighted by Crippen LogP contribution is -2.17. The lowest BCUT2D eigenvalue weighted by Gasteiger charge is -2.11. The number of aromatic nitrogens is 6. The Bertz CT molecular complexity index is 4950. The Morgan fingerprint density at radius 3 is 1.27 bits per heavy atom. The average Bonchev–Trinajstić information content (AvgIpc) is 1.40. The Hall–Kier alpha value is -13.4. The first-order valence-electron chi connectivity index (χ1n) is 33.9. The maximum atomic E-state index is 12.0. The van der Waals surface area contributed by atoms with E-state index in [9.17, 15) is 33.6 Å². The van der Waals surface area contributed by atoms with E-state index in [1.165, 1.54) is 18.6 Å². The van der Waals surface area contributed by atoms with Crippen LogP contribution in [0.25, 0.3) is 72.6 Å². The molecule has 23 heteroatoms. The monoisotopic (exact) mass is 1490 g/mol. The number of rotatable bonds is 20. The molecule has 0 saturated heterocycles. The zero-order valence-electron chi connectivity index (χ0n) is 59.7. The van der Waals surface area contributed by atoms with Crippen molar-refractivity contribution in [2.24, 2.45) is 22.2 Å². The van der Waals surface area contributed by atoms with Crippen LogP contribution < -0.4 is 22.9 Å². The van der Waals surface area contributed by atoms with Crippen LogP contribution in [0.4, 0.5) is 5.82 Å². The zero-order valence-corrected chi connectivity index (χ0v) is 59.7. The molecular formula is C87H97N11O12. The van der Waals surface area contributed by atoms with Gasteiger partial charge in [0.05, 0.1) is 95.5 Å². The van der Waals surface area contributed by atoms with Crippen molar-refractivity contribution in [2.45, 2.75) is 96.6 Å². The molecule has 8 N–H and O–H groups in total. The van der Waals surface area contributed by atoms with E-state index in [1.54, 1.807) is 83.6 Å². The SMILES string of the molecule is C.C.C.C.C/C=C(\C(=O)OCC)c1cnc(-c2ccccc2)cc1C(N)=O.CCOC(=O)Cc1cnc(-c2ccccc2)cc1C(N)=O.CCOC(=O)Cc1cnc(-c2ccccc2)cc1C1=NC(C)(C)CO1.CCOC(=O)c1ccnc(-c2ccccc2)c1.NC(=O)c1cnc(N)c2cc(-c3ccccc3)ncc12. The minimum Gasteiger partial charge on any atom is -0.475 e. The van der Waals surface area contributed by atoms with Gasteiger partial charge in [0.25, 0.3) is 5.91 Å². The van der Waals surface area contributed by atoms with Gasteiger partial charge in [0.2, 0.25) is 17.7 Å². The number of aliphatic imine (C=N–C) groups is 1. The molecule has 0 spiro atoms. The summed E-state index contributed by atoms with van der Waals surface area (Å²) in [7, 11) is 0. The van der Waals surface area contributed by atoms with Gasteiger partial charge in [-0.25, -0.2) is 19.6 Å². The number of carbonyl (C=O) groups is 7. The second kappa shape index (κ2) is 43.9. The number of anilines is 1. The van der Waals surface area contributed by atoms with Crippen LogP contribution >= 0.6 is 0 Å². The number of hydrogen-bond acceptors (Lipinski definition) is 20. The summed E-state index contributed by atoms with van der Waals surface area (Å²) in [5.41, 5.74) is 34.2. The van der Waals surface area contributed by atoms with Gasteiger partial charge in [-0.1, -0.05) is 187 Å². The number of allylic oxidation sites excluding steroid dienone is 1. The molecule has 3 amide bonds. The Balaban J connectivity index is 0.000000289. The molecule has 572 valence electrons. The number of nitrogen functional groups attached to an aromatic ring is 1. The van der Waals surface area contributed by atoms with E-state index >= 15 is 0 Å². The number of primary amides is 3. The van der Waals surface area contributed by atoms with Crippen molar-refractivity contribution >= 4 is 69.7 Å². The first-order valence-corrected chi connectivity index (χ1v) is 33.9. The minimum atomic E-state index is -0.622. The molecule has 0 fully saturated rings. The highest BCUT2D eigenvalue weighted by molar-refractivity contribution is 6.19. The van der Waals surface area contributed by atoms with E-state index in [0.29, 0.717) is 82.6 Å². The predicted octanol–water partition coefficient (Wildman–Crippen LogP) is 15.6. The molecule has 1 aliphatic heterocycles. The Morgan fingerprint density at radius 1 is 0.436 bits per heavy atom. The highest BCUT2D eigenvalue weighted by Crippen LogP contribution is 2.30. The Kier molecular flexibility index (Phi) is 35.5. The average molecular weight is 1490 g/mol. The smallest absolute Gasteiger partial charge is 0.338 e. The molecule has 6 aromatic heterocycles. The fraction of sp³-hybridized carbons (Fsp3) is 0.218. The van der Waals surface area contributed by atoms with Gasteiger partial charge in [0, 0.05) is 92.5 Å². The van der Waals surface area contributed by atoms with Crippen LogP contribution in [0.1, 0.15) is 142 Å². The summed E-state index contributed by atoms with van der Waals surface area (Å²) in [6.07, 6.45) is 11.0. The van der Waals surface area contributed by atoms with Crippen LogP contribution in [0.3, 0.4) is 0 Å². The number of amides is 3. The number of hydrogen-bond donors (Lipinski definition) is 4. The van der Waals surface area contributed by atoms with Gasteiger partial charge in [-0.2, -0.15) is 0 Å². The van der Waals surface area contributed by atoms with Gasteiger partial charge in [0.1, 0.15) is 12.4 Å². The topological polar surface area (TPSA) is 359 Å². The summed E-state index contributed by atoms with van der Waals surface area (Å²) >= 11 is 0. The van der Waals surface area contributed by atoms with Crippen molar-refractivity contribution < 1.29 is 57.2 Å². The quantitative estimate of drug-likeness (QED) is 0.0313. The number of nitrogens with zero attached hydrogens (tertiary/aromatic N) is 7. The van der Waals surface area contributed by atoms with Crippen molar-refractivity contribution in [3.8, 4) is 56.3 Å². The van der Waals surface area contributed by atoms with Gasteiger partial charge >= 0.3 is 23.9 Å². The third-order valence-electron chi connectivity index (χ3n) is 15.6. The summed E-state index contributed by atoms with van der Waals surface area (Å²) < 4.78 is 25.7. The number of carbonyl (C=O) groups excluding carboxylic acids is 7. The molecule has 1 aliphatic rings. The molecule has 11 aromatic rings. The molecular weight excluding hydrogens is 1390 g/mol.